The number of aromatic nitrogens is 1. The minimum absolute atomic E-state index is 0.306. The van der Waals surface area contributed by atoms with Gasteiger partial charge in [0.2, 0.25) is 5.91 Å². The van der Waals surface area contributed by atoms with Crippen LogP contribution in [0, 0.1) is 25.7 Å². The third-order valence-corrected chi connectivity index (χ3v) is 6.14. The van der Waals surface area contributed by atoms with Crippen LogP contribution in [-0.4, -0.2) is 53.1 Å². The largest absolute Gasteiger partial charge is 0.361 e. The fourth-order valence-electron chi connectivity index (χ4n) is 4.49. The van der Waals surface area contributed by atoms with E-state index in [9.17, 15) is 4.79 Å². The Kier molecular flexibility index (Phi) is 4.37. The molecule has 132 valence electrons. The van der Waals surface area contributed by atoms with Crippen molar-refractivity contribution in [1.29, 1.82) is 0 Å². The van der Waals surface area contributed by atoms with Gasteiger partial charge in [0, 0.05) is 44.2 Å². The maximum absolute atomic E-state index is 12.8. The molecule has 5 heteroatoms. The Labute approximate surface area is 144 Å². The normalized spacial score (nSPS) is 27.5. The van der Waals surface area contributed by atoms with Gasteiger partial charge in [-0.05, 0) is 57.8 Å². The summed E-state index contributed by atoms with van der Waals surface area (Å²) in [4.78, 5) is 17.6. The molecule has 3 saturated heterocycles. The number of carbonyl (C=O) groups excluding carboxylic acids is 1. The molecule has 4 aliphatic rings. The maximum Gasteiger partial charge on any atom is 0.222 e. The number of carbonyl (C=O) groups is 1. The van der Waals surface area contributed by atoms with Gasteiger partial charge in [0.05, 0.1) is 5.69 Å². The molecule has 24 heavy (non-hydrogen) atoms. The lowest BCUT2D eigenvalue weighted by molar-refractivity contribution is -0.131. The lowest BCUT2D eigenvalue weighted by Crippen LogP contribution is -2.45. The number of nitrogens with zero attached hydrogens (tertiary/aromatic N) is 3. The molecular weight excluding hydrogens is 302 g/mol. The van der Waals surface area contributed by atoms with Gasteiger partial charge in [0.25, 0.3) is 0 Å². The van der Waals surface area contributed by atoms with Crippen LogP contribution < -0.4 is 0 Å². The van der Waals surface area contributed by atoms with Crippen molar-refractivity contribution in [3.8, 4) is 0 Å². The Bertz CT molecular complexity index is 588. The second kappa shape index (κ2) is 6.51. The summed E-state index contributed by atoms with van der Waals surface area (Å²) in [6.45, 7) is 8.25. The lowest BCUT2D eigenvalue weighted by atomic mass is 9.95. The van der Waals surface area contributed by atoms with Crippen LogP contribution in [0.2, 0.25) is 0 Å². The number of fused-ring (bicyclic) bond motifs is 4. The zero-order valence-corrected chi connectivity index (χ0v) is 15.0. The monoisotopic (exact) mass is 331 g/mol. The zero-order valence-electron chi connectivity index (χ0n) is 15.0. The maximum atomic E-state index is 12.8. The Balaban J connectivity index is 1.36. The molecule has 1 aliphatic carbocycles. The quantitative estimate of drug-likeness (QED) is 0.832. The van der Waals surface area contributed by atoms with Gasteiger partial charge in [0.1, 0.15) is 5.76 Å². The molecule has 2 atom stereocenters. The van der Waals surface area contributed by atoms with Gasteiger partial charge in [-0.25, -0.2) is 0 Å². The predicted molar refractivity (Wildman–Crippen MR) is 91.7 cm³/mol. The summed E-state index contributed by atoms with van der Waals surface area (Å²) >= 11 is 0. The first-order valence-corrected chi connectivity index (χ1v) is 9.53. The molecule has 1 aromatic rings. The summed E-state index contributed by atoms with van der Waals surface area (Å²) in [5, 5.41) is 3.99. The van der Waals surface area contributed by atoms with Crippen molar-refractivity contribution in [3.05, 3.63) is 17.0 Å². The van der Waals surface area contributed by atoms with Crippen LogP contribution in [0.3, 0.4) is 0 Å². The van der Waals surface area contributed by atoms with Gasteiger partial charge in [0.15, 0.2) is 0 Å². The van der Waals surface area contributed by atoms with E-state index < -0.39 is 0 Å². The highest BCUT2D eigenvalue weighted by Gasteiger charge is 2.38. The number of hydrogen-bond donors (Lipinski definition) is 0. The first-order chi connectivity index (χ1) is 11.6. The Morgan fingerprint density at radius 2 is 2.00 bits per heavy atom. The molecule has 0 radical (unpaired) electrons. The molecular formula is C19H29N3O2. The molecule has 5 rings (SSSR count). The fourth-order valence-corrected chi connectivity index (χ4v) is 4.49. The van der Waals surface area contributed by atoms with Crippen LogP contribution in [0.25, 0.3) is 0 Å². The standard InChI is InChI=1S/C19H29N3O2/c1-13-18(14(2)24-20-13)7-8-19(23)22-11-16-5-6-17(12-22)21(10-16)9-15-3-4-15/h15-17H,3-12H2,1-2H3/t16-,17-/m1/s1. The number of aryl methyl sites for hydroxylation is 2. The van der Waals surface area contributed by atoms with Crippen molar-refractivity contribution in [3.63, 3.8) is 0 Å². The van der Waals surface area contributed by atoms with E-state index in [-0.39, 0.29) is 0 Å². The van der Waals surface area contributed by atoms with E-state index in [0.29, 0.717) is 24.3 Å². The molecule has 0 spiro atoms. The van der Waals surface area contributed by atoms with E-state index in [1.54, 1.807) is 0 Å². The highest BCUT2D eigenvalue weighted by Crippen LogP contribution is 2.35. The van der Waals surface area contributed by atoms with Crippen molar-refractivity contribution < 1.29 is 9.32 Å². The molecule has 2 bridgehead atoms. The van der Waals surface area contributed by atoms with Gasteiger partial charge in [-0.2, -0.15) is 0 Å². The number of amides is 1. The van der Waals surface area contributed by atoms with Gasteiger partial charge in [-0.1, -0.05) is 5.16 Å². The summed E-state index contributed by atoms with van der Waals surface area (Å²) in [7, 11) is 0. The Morgan fingerprint density at radius 3 is 2.71 bits per heavy atom. The topological polar surface area (TPSA) is 49.6 Å². The summed E-state index contributed by atoms with van der Waals surface area (Å²) in [5.41, 5.74) is 2.03. The predicted octanol–water partition coefficient (Wildman–Crippen LogP) is 2.56. The third kappa shape index (κ3) is 3.37. The Morgan fingerprint density at radius 1 is 1.17 bits per heavy atom. The smallest absolute Gasteiger partial charge is 0.222 e. The van der Waals surface area contributed by atoms with Gasteiger partial charge in [-0.3, -0.25) is 9.69 Å². The number of piperidine rings is 1. The second-order valence-corrected chi connectivity index (χ2v) is 8.10. The molecule has 4 fully saturated rings. The highest BCUT2D eigenvalue weighted by atomic mass is 16.5. The molecule has 3 aliphatic heterocycles. The van der Waals surface area contributed by atoms with Crippen LogP contribution >= 0.6 is 0 Å². The average molecular weight is 331 g/mol. The molecule has 0 N–H and O–H groups in total. The van der Waals surface area contributed by atoms with Gasteiger partial charge < -0.3 is 9.42 Å². The van der Waals surface area contributed by atoms with Crippen LogP contribution in [0.15, 0.2) is 4.52 Å². The molecule has 0 aromatic carbocycles. The molecule has 5 nitrogen and oxygen atoms in total. The summed E-state index contributed by atoms with van der Waals surface area (Å²) in [5.74, 6) is 2.77. The number of rotatable bonds is 5. The van der Waals surface area contributed by atoms with Gasteiger partial charge >= 0.3 is 0 Å². The van der Waals surface area contributed by atoms with E-state index >= 15 is 0 Å². The van der Waals surface area contributed by atoms with Crippen molar-refractivity contribution in [2.75, 3.05) is 26.2 Å². The minimum Gasteiger partial charge on any atom is -0.361 e. The van der Waals surface area contributed by atoms with Crippen LogP contribution in [0.1, 0.15) is 49.1 Å². The van der Waals surface area contributed by atoms with E-state index in [0.717, 1.165) is 42.4 Å². The molecule has 4 heterocycles. The zero-order chi connectivity index (χ0) is 16.7. The SMILES string of the molecule is Cc1noc(C)c1CCC(=O)N1C[C@@H]2CC[C@H](C1)N(CC1CC1)C2. The summed E-state index contributed by atoms with van der Waals surface area (Å²) in [6, 6.07) is 0.590. The van der Waals surface area contributed by atoms with Crippen molar-refractivity contribution in [2.45, 2.75) is 58.4 Å². The molecule has 1 amide bonds. The van der Waals surface area contributed by atoms with Crippen molar-refractivity contribution in [1.82, 2.24) is 15.0 Å². The Hall–Kier alpha value is -1.36. The van der Waals surface area contributed by atoms with Crippen molar-refractivity contribution >= 4 is 5.91 Å². The lowest BCUT2D eigenvalue weighted by Gasteiger charge is -2.36. The molecule has 1 aromatic heterocycles. The third-order valence-electron chi connectivity index (χ3n) is 6.14. The first-order valence-electron chi connectivity index (χ1n) is 9.53. The average Bonchev–Trinajstić information content (AvgIpc) is 3.36. The van der Waals surface area contributed by atoms with Crippen LogP contribution in [0.5, 0.6) is 0 Å². The fraction of sp³-hybridized carbons (Fsp3) is 0.789. The van der Waals surface area contributed by atoms with E-state index in [4.69, 9.17) is 4.52 Å². The summed E-state index contributed by atoms with van der Waals surface area (Å²) < 4.78 is 5.21. The highest BCUT2D eigenvalue weighted by molar-refractivity contribution is 5.76. The first kappa shape index (κ1) is 16.1. The van der Waals surface area contributed by atoms with E-state index in [2.05, 4.69) is 15.0 Å². The number of hydrogen-bond acceptors (Lipinski definition) is 4. The van der Waals surface area contributed by atoms with E-state index in [1.165, 1.54) is 38.8 Å². The van der Waals surface area contributed by atoms with Crippen LogP contribution in [0.4, 0.5) is 0 Å². The molecule has 1 saturated carbocycles. The van der Waals surface area contributed by atoms with Crippen LogP contribution in [-0.2, 0) is 11.2 Å². The van der Waals surface area contributed by atoms with Crippen molar-refractivity contribution in [2.24, 2.45) is 11.8 Å². The van der Waals surface area contributed by atoms with E-state index in [1.807, 2.05) is 13.8 Å². The van der Waals surface area contributed by atoms with Gasteiger partial charge in [-0.15, -0.1) is 0 Å². The second-order valence-electron chi connectivity index (χ2n) is 8.10. The minimum atomic E-state index is 0.306. The summed E-state index contributed by atoms with van der Waals surface area (Å²) in [6.07, 6.45) is 6.70. The molecule has 0 unspecified atom stereocenters.